The van der Waals surface area contributed by atoms with Crippen LogP contribution in [0, 0.1) is 6.92 Å². The lowest BCUT2D eigenvalue weighted by molar-refractivity contribution is -0.148. The fourth-order valence-electron chi connectivity index (χ4n) is 2.58. The molecular weight excluding hydrogens is 334 g/mol. The third-order valence-electron chi connectivity index (χ3n) is 3.73. The summed E-state index contributed by atoms with van der Waals surface area (Å²) in [5.74, 6) is -0.453. The lowest BCUT2D eigenvalue weighted by Gasteiger charge is -2.12. The first kappa shape index (κ1) is 18.3. The number of hydrogen-bond donors (Lipinski definition) is 1. The molecule has 8 heteroatoms. The third-order valence-corrected chi connectivity index (χ3v) is 5.50. The van der Waals surface area contributed by atoms with Crippen LogP contribution in [0.1, 0.15) is 17.5 Å². The fraction of sp³-hybridized carbons (Fsp3) is 0.500. The standard InChI is InChI=1S/C16H21NO6S/c1-11-3-4-14(22-2)12(7-11)8-16(19)23-9-15(18)17-13-5-6-24(20,21)10-13/h3-4,7,13H,5-6,8-10H2,1-2H3,(H,17,18)/t13-/m1/s1. The zero-order valence-corrected chi connectivity index (χ0v) is 14.5. The Balaban J connectivity index is 1.81. The first-order valence-electron chi connectivity index (χ1n) is 7.58. The number of aryl methyl sites for hydroxylation is 1. The van der Waals surface area contributed by atoms with E-state index in [9.17, 15) is 18.0 Å². The summed E-state index contributed by atoms with van der Waals surface area (Å²) in [5, 5.41) is 2.57. The SMILES string of the molecule is COc1ccc(C)cc1CC(=O)OCC(=O)N[C@@H]1CCS(=O)(=O)C1. The monoisotopic (exact) mass is 355 g/mol. The molecule has 1 aliphatic rings. The van der Waals surface area contributed by atoms with Crippen LogP contribution in [0.15, 0.2) is 18.2 Å². The average molecular weight is 355 g/mol. The summed E-state index contributed by atoms with van der Waals surface area (Å²) < 4.78 is 32.8. The molecule has 7 nitrogen and oxygen atoms in total. The summed E-state index contributed by atoms with van der Waals surface area (Å²) in [4.78, 5) is 23.6. The van der Waals surface area contributed by atoms with Gasteiger partial charge in [-0.3, -0.25) is 9.59 Å². The number of rotatable bonds is 6. The first-order valence-corrected chi connectivity index (χ1v) is 9.40. The van der Waals surface area contributed by atoms with Gasteiger partial charge in [0.05, 0.1) is 25.0 Å². The van der Waals surface area contributed by atoms with Crippen LogP contribution in [0.2, 0.25) is 0 Å². The summed E-state index contributed by atoms with van der Waals surface area (Å²) in [6, 6.07) is 5.06. The summed E-state index contributed by atoms with van der Waals surface area (Å²) in [5.41, 5.74) is 1.67. The van der Waals surface area contributed by atoms with Gasteiger partial charge in [0, 0.05) is 11.6 Å². The van der Waals surface area contributed by atoms with Gasteiger partial charge in [0.25, 0.3) is 5.91 Å². The van der Waals surface area contributed by atoms with Crippen molar-refractivity contribution < 1.29 is 27.5 Å². The van der Waals surface area contributed by atoms with Crippen LogP contribution in [0.3, 0.4) is 0 Å². The Morgan fingerprint density at radius 3 is 2.71 bits per heavy atom. The number of esters is 1. The van der Waals surface area contributed by atoms with Crippen molar-refractivity contribution in [3.8, 4) is 5.75 Å². The summed E-state index contributed by atoms with van der Waals surface area (Å²) in [6.07, 6.45) is 0.387. The van der Waals surface area contributed by atoms with E-state index in [0.29, 0.717) is 17.7 Å². The van der Waals surface area contributed by atoms with Crippen molar-refractivity contribution in [2.24, 2.45) is 0 Å². The minimum Gasteiger partial charge on any atom is -0.496 e. The van der Waals surface area contributed by atoms with Gasteiger partial charge in [-0.05, 0) is 19.4 Å². The smallest absolute Gasteiger partial charge is 0.310 e. The number of hydrogen-bond acceptors (Lipinski definition) is 6. The van der Waals surface area contributed by atoms with Gasteiger partial charge in [0.1, 0.15) is 5.75 Å². The molecule has 0 saturated carbocycles. The van der Waals surface area contributed by atoms with Gasteiger partial charge >= 0.3 is 5.97 Å². The summed E-state index contributed by atoms with van der Waals surface area (Å²) in [7, 11) is -1.54. The highest BCUT2D eigenvalue weighted by Gasteiger charge is 2.29. The van der Waals surface area contributed by atoms with E-state index in [-0.39, 0.29) is 17.9 Å². The molecule has 1 amide bonds. The number of carbonyl (C=O) groups is 2. The largest absolute Gasteiger partial charge is 0.496 e. The van der Waals surface area contributed by atoms with Crippen molar-refractivity contribution in [2.45, 2.75) is 25.8 Å². The Morgan fingerprint density at radius 1 is 1.33 bits per heavy atom. The normalized spacial score (nSPS) is 18.8. The molecule has 1 aromatic rings. The molecule has 1 saturated heterocycles. The van der Waals surface area contributed by atoms with Crippen LogP contribution in [0.5, 0.6) is 5.75 Å². The van der Waals surface area contributed by atoms with Gasteiger partial charge in [-0.1, -0.05) is 17.7 Å². The minimum absolute atomic E-state index is 0.00403. The molecule has 1 heterocycles. The van der Waals surface area contributed by atoms with Gasteiger partial charge in [0.2, 0.25) is 0 Å². The summed E-state index contributed by atoms with van der Waals surface area (Å²) in [6.45, 7) is 1.47. The molecule has 1 fully saturated rings. The molecule has 0 spiro atoms. The highest BCUT2D eigenvalue weighted by molar-refractivity contribution is 7.91. The number of benzene rings is 1. The quantitative estimate of drug-likeness (QED) is 0.742. The van der Waals surface area contributed by atoms with Gasteiger partial charge < -0.3 is 14.8 Å². The molecule has 132 valence electrons. The van der Waals surface area contributed by atoms with Crippen molar-refractivity contribution in [2.75, 3.05) is 25.2 Å². The molecule has 0 unspecified atom stereocenters. The highest BCUT2D eigenvalue weighted by Crippen LogP contribution is 2.20. The molecule has 0 aliphatic carbocycles. The lowest BCUT2D eigenvalue weighted by Crippen LogP contribution is -2.38. The molecule has 1 N–H and O–H groups in total. The predicted molar refractivity (Wildman–Crippen MR) is 87.6 cm³/mol. The number of carbonyl (C=O) groups excluding carboxylic acids is 2. The van der Waals surface area contributed by atoms with Crippen LogP contribution in [-0.4, -0.2) is 51.6 Å². The number of amides is 1. The maximum Gasteiger partial charge on any atom is 0.310 e. The molecule has 1 aliphatic heterocycles. The second-order valence-corrected chi connectivity index (χ2v) is 8.05. The Morgan fingerprint density at radius 2 is 2.08 bits per heavy atom. The van der Waals surface area contributed by atoms with E-state index in [0.717, 1.165) is 5.56 Å². The minimum atomic E-state index is -3.06. The Hall–Kier alpha value is -2.09. The number of nitrogens with one attached hydrogen (secondary N) is 1. The number of ether oxygens (including phenoxy) is 2. The topological polar surface area (TPSA) is 98.8 Å². The van der Waals surface area contributed by atoms with Gasteiger partial charge in [-0.25, -0.2) is 8.42 Å². The van der Waals surface area contributed by atoms with Crippen molar-refractivity contribution in [3.05, 3.63) is 29.3 Å². The van der Waals surface area contributed by atoms with E-state index < -0.39 is 34.4 Å². The van der Waals surface area contributed by atoms with Crippen molar-refractivity contribution in [3.63, 3.8) is 0 Å². The average Bonchev–Trinajstić information content (AvgIpc) is 2.84. The predicted octanol–water partition coefficient (Wildman–Crippen LogP) is 0.393. The molecule has 0 radical (unpaired) electrons. The Kier molecular flexibility index (Phi) is 5.82. The zero-order chi connectivity index (χ0) is 17.7. The van der Waals surface area contributed by atoms with E-state index in [1.807, 2.05) is 19.1 Å². The van der Waals surface area contributed by atoms with Crippen LogP contribution in [-0.2, 0) is 30.6 Å². The van der Waals surface area contributed by atoms with Crippen LogP contribution in [0.25, 0.3) is 0 Å². The molecule has 1 aromatic carbocycles. The fourth-order valence-corrected chi connectivity index (χ4v) is 4.25. The maximum absolute atomic E-state index is 11.9. The van der Waals surface area contributed by atoms with Gasteiger partial charge in [-0.15, -0.1) is 0 Å². The van der Waals surface area contributed by atoms with E-state index in [4.69, 9.17) is 9.47 Å². The van der Waals surface area contributed by atoms with E-state index in [1.165, 1.54) is 7.11 Å². The van der Waals surface area contributed by atoms with Crippen molar-refractivity contribution in [1.29, 1.82) is 0 Å². The van der Waals surface area contributed by atoms with Crippen LogP contribution < -0.4 is 10.1 Å². The second-order valence-electron chi connectivity index (χ2n) is 5.82. The second kappa shape index (κ2) is 7.65. The molecular formula is C16H21NO6S. The number of sulfone groups is 1. The van der Waals surface area contributed by atoms with Gasteiger partial charge in [-0.2, -0.15) is 0 Å². The Bertz CT molecular complexity index is 728. The lowest BCUT2D eigenvalue weighted by atomic mass is 10.1. The van der Waals surface area contributed by atoms with Crippen molar-refractivity contribution >= 4 is 21.7 Å². The van der Waals surface area contributed by atoms with E-state index in [2.05, 4.69) is 5.32 Å². The number of methoxy groups -OCH3 is 1. The van der Waals surface area contributed by atoms with Gasteiger partial charge in [0.15, 0.2) is 16.4 Å². The molecule has 2 rings (SSSR count). The maximum atomic E-state index is 11.9. The first-order chi connectivity index (χ1) is 11.3. The van der Waals surface area contributed by atoms with Crippen LogP contribution in [0.4, 0.5) is 0 Å². The van der Waals surface area contributed by atoms with E-state index >= 15 is 0 Å². The van der Waals surface area contributed by atoms with Crippen molar-refractivity contribution in [1.82, 2.24) is 5.32 Å². The highest BCUT2D eigenvalue weighted by atomic mass is 32.2. The Labute approximate surface area is 141 Å². The molecule has 0 aromatic heterocycles. The molecule has 0 bridgehead atoms. The molecule has 24 heavy (non-hydrogen) atoms. The third kappa shape index (κ3) is 5.23. The molecule has 1 atom stereocenters. The van der Waals surface area contributed by atoms with E-state index in [1.54, 1.807) is 6.07 Å². The van der Waals surface area contributed by atoms with Crippen LogP contribution >= 0.6 is 0 Å². The zero-order valence-electron chi connectivity index (χ0n) is 13.7. The summed E-state index contributed by atoms with van der Waals surface area (Å²) >= 11 is 0.